The van der Waals surface area contributed by atoms with E-state index in [1.807, 2.05) is 28.7 Å². The molecule has 0 bridgehead atoms. The minimum Gasteiger partial charge on any atom is -0.506 e. The third kappa shape index (κ3) is 2.05. The van der Waals surface area contributed by atoms with Crippen molar-refractivity contribution in [2.45, 2.75) is 0 Å². The number of hydrogen-bond acceptors (Lipinski definition) is 2. The van der Waals surface area contributed by atoms with Gasteiger partial charge in [-0.1, -0.05) is 0 Å². The van der Waals surface area contributed by atoms with Gasteiger partial charge in [0.05, 0.1) is 3.57 Å². The maximum absolute atomic E-state index is 9.36. The molecule has 0 radical (unpaired) electrons. The molecule has 0 saturated carbocycles. The lowest BCUT2D eigenvalue weighted by Gasteiger charge is -2.01. The Balaban J connectivity index is 3.35. The van der Waals surface area contributed by atoms with E-state index < -0.39 is 0 Å². The van der Waals surface area contributed by atoms with E-state index in [0.717, 1.165) is 13.4 Å². The highest BCUT2D eigenvalue weighted by Crippen LogP contribution is 2.25. The van der Waals surface area contributed by atoms with Gasteiger partial charge in [0.2, 0.25) is 0 Å². The second-order valence-electron chi connectivity index (χ2n) is 1.97. The molecule has 2 nitrogen and oxygen atoms in total. The van der Waals surface area contributed by atoms with Crippen molar-refractivity contribution in [3.63, 3.8) is 0 Å². The zero-order valence-electron chi connectivity index (χ0n) is 5.44. The van der Waals surface area contributed by atoms with Crippen LogP contribution in [0, 0.1) is 12.5 Å². The Kier molecular flexibility index (Phi) is 3.11. The Morgan fingerprint density at radius 3 is 2.55 bits per heavy atom. The van der Waals surface area contributed by atoms with E-state index in [4.69, 9.17) is 5.41 Å². The molecular weight excluding hydrogens is 368 g/mol. The van der Waals surface area contributed by atoms with Crippen LogP contribution in [0.25, 0.3) is 0 Å². The van der Waals surface area contributed by atoms with Gasteiger partial charge in [-0.3, -0.25) is 0 Å². The van der Waals surface area contributed by atoms with Crippen LogP contribution in [0.2, 0.25) is 0 Å². The molecule has 0 aromatic heterocycles. The summed E-state index contributed by atoms with van der Waals surface area (Å²) >= 11 is 4.19. The van der Waals surface area contributed by atoms with Gasteiger partial charge in [-0.2, -0.15) is 0 Å². The van der Waals surface area contributed by atoms with Gasteiger partial charge in [-0.15, -0.1) is 0 Å². The number of halogens is 2. The molecule has 0 heterocycles. The van der Waals surface area contributed by atoms with Crippen molar-refractivity contribution >= 4 is 51.4 Å². The summed E-state index contributed by atoms with van der Waals surface area (Å²) in [4.78, 5) is 0. The first-order valence-corrected chi connectivity index (χ1v) is 4.99. The summed E-state index contributed by atoms with van der Waals surface area (Å²) in [5, 5.41) is 16.3. The summed E-state index contributed by atoms with van der Waals surface area (Å²) in [6.07, 6.45) is 1.15. The van der Waals surface area contributed by atoms with Gasteiger partial charge in [0.15, 0.2) is 0 Å². The summed E-state index contributed by atoms with van der Waals surface area (Å²) in [6, 6.07) is 3.63. The lowest BCUT2D eigenvalue weighted by Crippen LogP contribution is -1.86. The number of phenols is 1. The minimum absolute atomic E-state index is 0.195. The average Bonchev–Trinajstić information content (AvgIpc) is 1.96. The van der Waals surface area contributed by atoms with Crippen LogP contribution in [0.1, 0.15) is 5.56 Å². The molecule has 0 amide bonds. The summed E-state index contributed by atoms with van der Waals surface area (Å²) in [5.41, 5.74) is 0.571. The van der Waals surface area contributed by atoms with Crippen molar-refractivity contribution in [1.29, 1.82) is 5.41 Å². The number of rotatable bonds is 1. The Morgan fingerprint density at radius 1 is 1.36 bits per heavy atom. The molecule has 58 valence electrons. The number of phenolic OH excluding ortho intramolecular Hbond substituents is 1. The van der Waals surface area contributed by atoms with Gasteiger partial charge in [-0.25, -0.2) is 0 Å². The lowest BCUT2D eigenvalue weighted by molar-refractivity contribution is 0.470. The maximum atomic E-state index is 9.36. The van der Waals surface area contributed by atoms with Gasteiger partial charge >= 0.3 is 0 Å². The average molecular weight is 373 g/mol. The SMILES string of the molecule is N=Cc1cc(I)cc(I)c1O. The van der Waals surface area contributed by atoms with Crippen molar-refractivity contribution in [2.24, 2.45) is 0 Å². The van der Waals surface area contributed by atoms with Gasteiger partial charge in [0.25, 0.3) is 0 Å². The fraction of sp³-hybridized carbons (Fsp3) is 0. The van der Waals surface area contributed by atoms with Crippen LogP contribution in [-0.4, -0.2) is 11.3 Å². The van der Waals surface area contributed by atoms with Gasteiger partial charge in [-0.05, 0) is 57.3 Å². The first-order chi connectivity index (χ1) is 5.15. The molecule has 1 aromatic rings. The Morgan fingerprint density at radius 2 is 2.00 bits per heavy atom. The fourth-order valence-electron chi connectivity index (χ4n) is 0.696. The minimum atomic E-state index is 0.195. The second kappa shape index (κ2) is 3.70. The highest BCUT2D eigenvalue weighted by atomic mass is 127. The number of benzene rings is 1. The molecule has 0 fully saturated rings. The molecule has 0 aliphatic rings. The summed E-state index contributed by atoms with van der Waals surface area (Å²) in [7, 11) is 0. The normalized spacial score (nSPS) is 9.64. The van der Waals surface area contributed by atoms with Crippen LogP contribution in [0.3, 0.4) is 0 Å². The molecule has 0 spiro atoms. The molecule has 1 aromatic carbocycles. The third-order valence-electron chi connectivity index (χ3n) is 1.21. The largest absolute Gasteiger partial charge is 0.506 e. The standard InChI is InChI=1S/C7H5I2NO/c8-5-1-4(3-10)7(11)6(9)2-5/h1-3,10-11H. The van der Waals surface area contributed by atoms with Crippen molar-refractivity contribution in [3.8, 4) is 5.75 Å². The molecule has 0 unspecified atom stereocenters. The fourth-order valence-corrected chi connectivity index (χ4v) is 2.59. The van der Waals surface area contributed by atoms with Crippen molar-refractivity contribution in [2.75, 3.05) is 0 Å². The van der Waals surface area contributed by atoms with Gasteiger partial charge in [0.1, 0.15) is 5.75 Å². The van der Waals surface area contributed by atoms with Crippen LogP contribution in [0.15, 0.2) is 12.1 Å². The second-order valence-corrected chi connectivity index (χ2v) is 4.38. The molecule has 0 atom stereocenters. The first-order valence-electron chi connectivity index (χ1n) is 2.83. The molecule has 0 aliphatic carbocycles. The monoisotopic (exact) mass is 373 g/mol. The van der Waals surface area contributed by atoms with Crippen LogP contribution in [0.4, 0.5) is 0 Å². The van der Waals surface area contributed by atoms with Gasteiger partial charge < -0.3 is 10.5 Å². The first kappa shape index (κ1) is 9.24. The van der Waals surface area contributed by atoms with Crippen LogP contribution >= 0.6 is 45.2 Å². The van der Waals surface area contributed by atoms with E-state index in [2.05, 4.69) is 22.6 Å². The van der Waals surface area contributed by atoms with Gasteiger partial charge in [0, 0.05) is 15.3 Å². The van der Waals surface area contributed by atoms with E-state index in [-0.39, 0.29) is 5.75 Å². The van der Waals surface area contributed by atoms with E-state index in [9.17, 15) is 5.11 Å². The molecular formula is C7H5I2NO. The van der Waals surface area contributed by atoms with Crippen molar-refractivity contribution in [1.82, 2.24) is 0 Å². The quantitative estimate of drug-likeness (QED) is 0.577. The Bertz CT molecular complexity index is 299. The van der Waals surface area contributed by atoms with Crippen molar-refractivity contribution < 1.29 is 5.11 Å². The molecule has 4 heteroatoms. The molecule has 1 rings (SSSR count). The van der Waals surface area contributed by atoms with E-state index in [0.29, 0.717) is 5.56 Å². The van der Waals surface area contributed by atoms with Crippen LogP contribution in [0.5, 0.6) is 5.75 Å². The van der Waals surface area contributed by atoms with Crippen LogP contribution < -0.4 is 0 Å². The van der Waals surface area contributed by atoms with E-state index >= 15 is 0 Å². The molecule has 0 aliphatic heterocycles. The van der Waals surface area contributed by atoms with E-state index in [1.54, 1.807) is 6.07 Å². The predicted octanol–water partition coefficient (Wildman–Crippen LogP) is 2.60. The van der Waals surface area contributed by atoms with E-state index in [1.165, 1.54) is 0 Å². The molecule has 0 saturated heterocycles. The topological polar surface area (TPSA) is 44.1 Å². The summed E-state index contributed by atoms with van der Waals surface area (Å²) in [6.45, 7) is 0. The molecule has 11 heavy (non-hydrogen) atoms. The molecule has 2 N–H and O–H groups in total. The summed E-state index contributed by atoms with van der Waals surface area (Å²) < 4.78 is 1.82. The smallest absolute Gasteiger partial charge is 0.137 e. The maximum Gasteiger partial charge on any atom is 0.137 e. The zero-order chi connectivity index (χ0) is 8.43. The third-order valence-corrected chi connectivity index (χ3v) is 2.66. The Hall–Kier alpha value is 0.150. The highest BCUT2D eigenvalue weighted by molar-refractivity contribution is 14.1. The number of nitrogens with one attached hydrogen (secondary N) is 1. The van der Waals surface area contributed by atoms with Crippen molar-refractivity contribution in [3.05, 3.63) is 24.8 Å². The number of aromatic hydroxyl groups is 1. The highest BCUT2D eigenvalue weighted by Gasteiger charge is 2.03. The summed E-state index contributed by atoms with van der Waals surface area (Å²) in [5.74, 6) is 0.195. The van der Waals surface area contributed by atoms with Crippen LogP contribution in [-0.2, 0) is 0 Å². The Labute approximate surface area is 91.8 Å². The number of hydrogen-bond donors (Lipinski definition) is 2. The zero-order valence-corrected chi connectivity index (χ0v) is 9.75. The lowest BCUT2D eigenvalue weighted by atomic mass is 10.2. The predicted molar refractivity (Wildman–Crippen MR) is 61.4 cm³/mol.